The number of aryl methyl sites for hydroxylation is 1. The van der Waals surface area contributed by atoms with Crippen molar-refractivity contribution in [1.29, 1.82) is 0 Å². The Balaban J connectivity index is 1.30. The summed E-state index contributed by atoms with van der Waals surface area (Å²) < 4.78 is 1.71. The first-order valence-electron chi connectivity index (χ1n) is 10.4. The first-order chi connectivity index (χ1) is 14.6. The molecular weight excluding hydrogens is 378 g/mol. The van der Waals surface area contributed by atoms with Gasteiger partial charge in [-0.15, -0.1) is 0 Å². The maximum atomic E-state index is 12.8. The van der Waals surface area contributed by atoms with E-state index in [1.54, 1.807) is 16.9 Å². The monoisotopic (exact) mass is 403 g/mol. The fraction of sp³-hybridized carbons (Fsp3) is 0.409. The minimum Gasteiger partial charge on any atom is -0.356 e. The standard InChI is InChI=1S/C22H25N7O/c1-28-13-16(12-25-28)17-5-4-6-18(26-17)21(30)27-19-11-20(24-15-23-19)29-10-9-22(14-29)7-2-3-8-22/h4-6,11-13,15H,2-3,7-10,14H2,1H3,(H,23,24,27,30). The Morgan fingerprint density at radius 3 is 2.83 bits per heavy atom. The number of pyridine rings is 1. The van der Waals surface area contributed by atoms with Gasteiger partial charge in [0.2, 0.25) is 0 Å². The van der Waals surface area contributed by atoms with Gasteiger partial charge in [0.15, 0.2) is 0 Å². The van der Waals surface area contributed by atoms with E-state index in [1.807, 2.05) is 31.4 Å². The van der Waals surface area contributed by atoms with Gasteiger partial charge in [0, 0.05) is 38.0 Å². The second kappa shape index (κ2) is 7.51. The summed E-state index contributed by atoms with van der Waals surface area (Å²) in [6.45, 7) is 2.06. The number of nitrogens with one attached hydrogen (secondary N) is 1. The zero-order chi connectivity index (χ0) is 20.6. The van der Waals surface area contributed by atoms with Crippen LogP contribution in [0, 0.1) is 5.41 Å². The summed E-state index contributed by atoms with van der Waals surface area (Å²) in [7, 11) is 1.85. The number of nitrogens with zero attached hydrogens (tertiary/aromatic N) is 6. The molecule has 154 valence electrons. The number of anilines is 2. The highest BCUT2D eigenvalue weighted by Gasteiger charge is 2.40. The Labute approximate surface area is 175 Å². The smallest absolute Gasteiger partial charge is 0.275 e. The molecule has 5 rings (SSSR count). The molecule has 2 fully saturated rings. The third-order valence-corrected chi connectivity index (χ3v) is 6.30. The Hall–Kier alpha value is -3.29. The summed E-state index contributed by atoms with van der Waals surface area (Å²) in [5, 5.41) is 7.03. The maximum Gasteiger partial charge on any atom is 0.275 e. The van der Waals surface area contributed by atoms with E-state index in [0.717, 1.165) is 24.5 Å². The third-order valence-electron chi connectivity index (χ3n) is 6.30. The van der Waals surface area contributed by atoms with E-state index in [2.05, 4.69) is 30.3 Å². The lowest BCUT2D eigenvalue weighted by molar-refractivity contribution is 0.102. The van der Waals surface area contributed by atoms with E-state index in [4.69, 9.17) is 0 Å². The van der Waals surface area contributed by atoms with Crippen molar-refractivity contribution in [2.75, 3.05) is 23.3 Å². The number of hydrogen-bond donors (Lipinski definition) is 1. The van der Waals surface area contributed by atoms with Crippen LogP contribution < -0.4 is 10.2 Å². The van der Waals surface area contributed by atoms with Gasteiger partial charge < -0.3 is 10.2 Å². The van der Waals surface area contributed by atoms with Crippen molar-refractivity contribution in [3.63, 3.8) is 0 Å². The predicted molar refractivity (Wildman–Crippen MR) is 114 cm³/mol. The minimum atomic E-state index is -0.293. The molecule has 30 heavy (non-hydrogen) atoms. The molecule has 0 bridgehead atoms. The highest BCUT2D eigenvalue weighted by atomic mass is 16.1. The molecule has 0 radical (unpaired) electrons. The molecule has 1 N–H and O–H groups in total. The summed E-state index contributed by atoms with van der Waals surface area (Å²) in [5.41, 5.74) is 2.37. The SMILES string of the molecule is Cn1cc(-c2cccc(C(=O)Nc3cc(N4CCC5(CCCC5)C4)ncn3)n2)cn1. The average Bonchev–Trinajstić information content (AvgIpc) is 3.51. The topological polar surface area (TPSA) is 88.8 Å². The predicted octanol–water partition coefficient (Wildman–Crippen LogP) is 3.29. The fourth-order valence-electron chi connectivity index (χ4n) is 4.71. The van der Waals surface area contributed by atoms with Crippen LogP contribution in [0.1, 0.15) is 42.6 Å². The van der Waals surface area contributed by atoms with Crippen LogP contribution in [0.2, 0.25) is 0 Å². The number of carbonyl (C=O) groups excluding carboxylic acids is 1. The van der Waals surface area contributed by atoms with Crippen LogP contribution >= 0.6 is 0 Å². The van der Waals surface area contributed by atoms with E-state index in [0.29, 0.717) is 22.6 Å². The van der Waals surface area contributed by atoms with Crippen LogP contribution in [0.25, 0.3) is 11.3 Å². The molecule has 0 aromatic carbocycles. The fourth-order valence-corrected chi connectivity index (χ4v) is 4.71. The molecule has 8 nitrogen and oxygen atoms in total. The van der Waals surface area contributed by atoms with E-state index < -0.39 is 0 Å². The van der Waals surface area contributed by atoms with Crippen molar-refractivity contribution in [3.05, 3.63) is 48.7 Å². The van der Waals surface area contributed by atoms with Crippen molar-refractivity contribution in [2.45, 2.75) is 32.1 Å². The zero-order valence-electron chi connectivity index (χ0n) is 17.1. The third kappa shape index (κ3) is 3.65. The molecule has 1 saturated heterocycles. The molecule has 1 saturated carbocycles. The molecular formula is C22H25N7O. The Bertz CT molecular complexity index is 1070. The maximum absolute atomic E-state index is 12.8. The average molecular weight is 403 g/mol. The van der Waals surface area contributed by atoms with Gasteiger partial charge in [-0.2, -0.15) is 5.10 Å². The van der Waals surface area contributed by atoms with Gasteiger partial charge in [0.05, 0.1) is 11.9 Å². The normalized spacial score (nSPS) is 17.6. The van der Waals surface area contributed by atoms with Crippen LogP contribution in [-0.4, -0.2) is 43.7 Å². The van der Waals surface area contributed by atoms with E-state index in [9.17, 15) is 4.79 Å². The van der Waals surface area contributed by atoms with Crippen molar-refractivity contribution in [1.82, 2.24) is 24.7 Å². The Kier molecular flexibility index (Phi) is 4.69. The summed E-state index contributed by atoms with van der Waals surface area (Å²) in [4.78, 5) is 28.3. The number of hydrogen-bond acceptors (Lipinski definition) is 6. The molecule has 0 unspecified atom stereocenters. The Morgan fingerprint density at radius 1 is 1.17 bits per heavy atom. The molecule has 1 aliphatic carbocycles. The Morgan fingerprint density at radius 2 is 2.03 bits per heavy atom. The van der Waals surface area contributed by atoms with Gasteiger partial charge in [-0.1, -0.05) is 18.9 Å². The van der Waals surface area contributed by atoms with Gasteiger partial charge in [0.1, 0.15) is 23.7 Å². The van der Waals surface area contributed by atoms with E-state index in [-0.39, 0.29) is 5.91 Å². The molecule has 1 spiro atoms. The lowest BCUT2D eigenvalue weighted by Gasteiger charge is -2.24. The molecule has 1 amide bonds. The minimum absolute atomic E-state index is 0.293. The second-order valence-electron chi connectivity index (χ2n) is 8.40. The molecule has 4 heterocycles. The van der Waals surface area contributed by atoms with Crippen LogP contribution in [-0.2, 0) is 7.05 Å². The molecule has 8 heteroatoms. The van der Waals surface area contributed by atoms with Gasteiger partial charge >= 0.3 is 0 Å². The zero-order valence-corrected chi connectivity index (χ0v) is 17.1. The van der Waals surface area contributed by atoms with E-state index >= 15 is 0 Å². The highest BCUT2D eigenvalue weighted by molar-refractivity contribution is 6.02. The lowest BCUT2D eigenvalue weighted by Crippen LogP contribution is -2.25. The molecule has 0 atom stereocenters. The van der Waals surface area contributed by atoms with Gasteiger partial charge in [-0.3, -0.25) is 9.48 Å². The summed E-state index contributed by atoms with van der Waals surface area (Å²) in [6, 6.07) is 7.24. The highest BCUT2D eigenvalue weighted by Crippen LogP contribution is 2.46. The van der Waals surface area contributed by atoms with Crippen molar-refractivity contribution in [2.24, 2.45) is 12.5 Å². The van der Waals surface area contributed by atoms with Crippen LogP contribution in [0.4, 0.5) is 11.6 Å². The second-order valence-corrected chi connectivity index (χ2v) is 8.40. The first kappa shape index (κ1) is 18.7. The van der Waals surface area contributed by atoms with Crippen LogP contribution in [0.5, 0.6) is 0 Å². The summed E-state index contributed by atoms with van der Waals surface area (Å²) in [5.74, 6) is 1.08. The van der Waals surface area contributed by atoms with Crippen molar-refractivity contribution >= 4 is 17.5 Å². The summed E-state index contributed by atoms with van der Waals surface area (Å²) >= 11 is 0. The van der Waals surface area contributed by atoms with E-state index in [1.165, 1.54) is 38.4 Å². The molecule has 3 aromatic rings. The lowest BCUT2D eigenvalue weighted by atomic mass is 9.86. The number of aromatic nitrogens is 5. The molecule has 1 aliphatic heterocycles. The number of rotatable bonds is 4. The van der Waals surface area contributed by atoms with Gasteiger partial charge in [-0.05, 0) is 36.8 Å². The molecule has 3 aromatic heterocycles. The van der Waals surface area contributed by atoms with Crippen molar-refractivity contribution in [3.8, 4) is 11.3 Å². The number of carbonyl (C=O) groups is 1. The van der Waals surface area contributed by atoms with Gasteiger partial charge in [-0.25, -0.2) is 15.0 Å². The first-order valence-corrected chi connectivity index (χ1v) is 10.4. The van der Waals surface area contributed by atoms with Crippen molar-refractivity contribution < 1.29 is 4.79 Å². The molecule has 2 aliphatic rings. The van der Waals surface area contributed by atoms with Crippen LogP contribution in [0.15, 0.2) is 43.0 Å². The quantitative estimate of drug-likeness (QED) is 0.719. The van der Waals surface area contributed by atoms with Crippen LogP contribution in [0.3, 0.4) is 0 Å². The summed E-state index contributed by atoms with van der Waals surface area (Å²) in [6.07, 6.45) is 11.7. The van der Waals surface area contributed by atoms with Gasteiger partial charge in [0.25, 0.3) is 5.91 Å². The number of amides is 1. The largest absolute Gasteiger partial charge is 0.356 e.